The van der Waals surface area contributed by atoms with Gasteiger partial charge in [0.15, 0.2) is 0 Å². The van der Waals surface area contributed by atoms with Crippen LogP contribution in [0.1, 0.15) is 18.1 Å². The minimum absolute atomic E-state index is 0.906. The molecule has 1 unspecified atom stereocenters. The van der Waals surface area contributed by atoms with Crippen molar-refractivity contribution in [3.05, 3.63) is 33.8 Å². The van der Waals surface area contributed by atoms with Gasteiger partial charge < -0.3 is 5.11 Å². The lowest BCUT2D eigenvalue weighted by Gasteiger charge is -2.31. The van der Waals surface area contributed by atoms with Gasteiger partial charge in [-0.15, -0.1) is 0 Å². The predicted molar refractivity (Wildman–Crippen MR) is 62.1 cm³/mol. The van der Waals surface area contributed by atoms with E-state index in [1.165, 1.54) is 0 Å². The van der Waals surface area contributed by atoms with Crippen molar-refractivity contribution in [3.8, 4) is 0 Å². The van der Waals surface area contributed by atoms with Gasteiger partial charge in [-0.2, -0.15) is 0 Å². The van der Waals surface area contributed by atoms with Crippen LogP contribution in [0.15, 0.2) is 22.7 Å². The average molecular weight is 258 g/mol. The van der Waals surface area contributed by atoms with Gasteiger partial charge in [0.1, 0.15) is 5.72 Å². The van der Waals surface area contributed by atoms with Crippen molar-refractivity contribution in [1.82, 2.24) is 4.90 Å². The summed E-state index contributed by atoms with van der Waals surface area (Å²) >= 11 is 3.44. The van der Waals surface area contributed by atoms with Crippen molar-refractivity contribution in [2.45, 2.75) is 19.6 Å². The SMILES string of the molecule is Cc1cc(C(C)(O)N(C)C)ccc1Br. The van der Waals surface area contributed by atoms with Gasteiger partial charge in [-0.1, -0.05) is 28.1 Å². The molecule has 0 aromatic heterocycles. The highest BCUT2D eigenvalue weighted by atomic mass is 79.9. The number of rotatable bonds is 2. The van der Waals surface area contributed by atoms with Gasteiger partial charge in [0.25, 0.3) is 0 Å². The van der Waals surface area contributed by atoms with E-state index in [1.807, 2.05) is 39.2 Å². The Morgan fingerprint density at radius 1 is 1.36 bits per heavy atom. The molecule has 3 heteroatoms. The topological polar surface area (TPSA) is 23.5 Å². The third-order valence-electron chi connectivity index (χ3n) is 2.58. The lowest BCUT2D eigenvalue weighted by molar-refractivity contribution is -0.0721. The van der Waals surface area contributed by atoms with E-state index in [0.29, 0.717) is 0 Å². The maximum Gasteiger partial charge on any atom is 0.141 e. The van der Waals surface area contributed by atoms with Crippen LogP contribution >= 0.6 is 15.9 Å². The minimum Gasteiger partial charge on any atom is -0.372 e. The number of benzene rings is 1. The van der Waals surface area contributed by atoms with Crippen LogP contribution in [0.25, 0.3) is 0 Å². The number of halogens is 1. The summed E-state index contributed by atoms with van der Waals surface area (Å²) in [6.45, 7) is 3.80. The third kappa shape index (κ3) is 2.16. The largest absolute Gasteiger partial charge is 0.372 e. The Hall–Kier alpha value is -0.380. The number of hydrogen-bond acceptors (Lipinski definition) is 2. The summed E-state index contributed by atoms with van der Waals surface area (Å²) in [5, 5.41) is 10.2. The summed E-state index contributed by atoms with van der Waals surface area (Å²) in [5.41, 5.74) is 1.12. The highest BCUT2D eigenvalue weighted by Crippen LogP contribution is 2.26. The third-order valence-corrected chi connectivity index (χ3v) is 3.47. The van der Waals surface area contributed by atoms with Gasteiger partial charge in [0.05, 0.1) is 0 Å². The predicted octanol–water partition coefficient (Wildman–Crippen LogP) is 2.48. The highest BCUT2D eigenvalue weighted by Gasteiger charge is 2.25. The summed E-state index contributed by atoms with van der Waals surface area (Å²) in [7, 11) is 3.72. The van der Waals surface area contributed by atoms with E-state index >= 15 is 0 Å². The number of aryl methyl sites for hydroxylation is 1. The maximum atomic E-state index is 10.2. The molecule has 1 N–H and O–H groups in total. The fourth-order valence-electron chi connectivity index (χ4n) is 1.20. The normalized spacial score (nSPS) is 15.6. The first-order valence-electron chi connectivity index (χ1n) is 4.52. The Bertz CT molecular complexity index is 334. The molecule has 1 rings (SSSR count). The fourth-order valence-corrected chi connectivity index (χ4v) is 1.44. The molecule has 1 atom stereocenters. The second-order valence-corrected chi connectivity index (χ2v) is 4.73. The lowest BCUT2D eigenvalue weighted by atomic mass is 10.0. The summed E-state index contributed by atoms with van der Waals surface area (Å²) < 4.78 is 1.07. The molecule has 78 valence electrons. The van der Waals surface area contributed by atoms with Crippen LogP contribution in [-0.4, -0.2) is 24.1 Å². The van der Waals surface area contributed by atoms with E-state index in [0.717, 1.165) is 15.6 Å². The van der Waals surface area contributed by atoms with Gasteiger partial charge in [-0.3, -0.25) is 4.90 Å². The Morgan fingerprint density at radius 3 is 2.36 bits per heavy atom. The zero-order valence-corrected chi connectivity index (χ0v) is 10.6. The van der Waals surface area contributed by atoms with E-state index in [9.17, 15) is 5.11 Å². The van der Waals surface area contributed by atoms with Gasteiger partial charge in [0.2, 0.25) is 0 Å². The van der Waals surface area contributed by atoms with Crippen molar-refractivity contribution >= 4 is 15.9 Å². The van der Waals surface area contributed by atoms with Crippen LogP contribution in [0, 0.1) is 6.92 Å². The van der Waals surface area contributed by atoms with Crippen LogP contribution in [-0.2, 0) is 5.72 Å². The van der Waals surface area contributed by atoms with Gasteiger partial charge in [0, 0.05) is 4.47 Å². The minimum atomic E-state index is -0.911. The molecule has 0 saturated carbocycles. The molecule has 14 heavy (non-hydrogen) atoms. The smallest absolute Gasteiger partial charge is 0.141 e. The number of hydrogen-bond donors (Lipinski definition) is 1. The van der Waals surface area contributed by atoms with E-state index in [4.69, 9.17) is 0 Å². The Kier molecular flexibility index (Phi) is 3.35. The molecule has 2 nitrogen and oxygen atoms in total. The molecule has 0 amide bonds. The fraction of sp³-hybridized carbons (Fsp3) is 0.455. The molecule has 0 aliphatic rings. The molecular formula is C11H16BrNO. The molecule has 0 fully saturated rings. The van der Waals surface area contributed by atoms with Crippen molar-refractivity contribution in [1.29, 1.82) is 0 Å². The molecule has 0 bridgehead atoms. The number of aliphatic hydroxyl groups is 1. The van der Waals surface area contributed by atoms with Crippen LogP contribution < -0.4 is 0 Å². The van der Waals surface area contributed by atoms with Crippen molar-refractivity contribution in [2.75, 3.05) is 14.1 Å². The molecule has 0 aliphatic carbocycles. The maximum absolute atomic E-state index is 10.2. The van der Waals surface area contributed by atoms with Crippen LogP contribution in [0.5, 0.6) is 0 Å². The van der Waals surface area contributed by atoms with Crippen LogP contribution in [0.3, 0.4) is 0 Å². The van der Waals surface area contributed by atoms with E-state index in [1.54, 1.807) is 11.8 Å². The first-order chi connectivity index (χ1) is 6.35. The van der Waals surface area contributed by atoms with Crippen molar-refractivity contribution in [2.24, 2.45) is 0 Å². The lowest BCUT2D eigenvalue weighted by Crippen LogP contribution is -2.38. The average Bonchev–Trinajstić information content (AvgIpc) is 2.09. The zero-order chi connectivity index (χ0) is 10.9. The van der Waals surface area contributed by atoms with Crippen molar-refractivity contribution in [3.63, 3.8) is 0 Å². The van der Waals surface area contributed by atoms with Crippen molar-refractivity contribution < 1.29 is 5.11 Å². The van der Waals surface area contributed by atoms with Gasteiger partial charge in [-0.25, -0.2) is 0 Å². The molecule has 0 radical (unpaired) electrons. The second kappa shape index (κ2) is 4.01. The first kappa shape index (κ1) is 11.7. The van der Waals surface area contributed by atoms with Crippen LogP contribution in [0.4, 0.5) is 0 Å². The molecule has 0 saturated heterocycles. The quantitative estimate of drug-likeness (QED) is 0.824. The Balaban J connectivity index is 3.14. The standard InChI is InChI=1S/C11H16BrNO/c1-8-7-9(5-6-10(8)12)11(2,14)13(3)4/h5-7,14H,1-4H3. The molecule has 1 aromatic carbocycles. The summed E-state index contributed by atoms with van der Waals surface area (Å²) in [6.07, 6.45) is 0. The highest BCUT2D eigenvalue weighted by molar-refractivity contribution is 9.10. The molecule has 1 aromatic rings. The zero-order valence-electron chi connectivity index (χ0n) is 9.00. The molecule has 0 heterocycles. The Labute approximate surface area is 93.7 Å². The second-order valence-electron chi connectivity index (χ2n) is 3.88. The summed E-state index contributed by atoms with van der Waals surface area (Å²) in [5.74, 6) is 0. The van der Waals surface area contributed by atoms with Gasteiger partial charge >= 0.3 is 0 Å². The van der Waals surface area contributed by atoms with E-state index in [2.05, 4.69) is 15.9 Å². The summed E-state index contributed by atoms with van der Waals surface area (Å²) in [4.78, 5) is 1.79. The first-order valence-corrected chi connectivity index (χ1v) is 5.31. The Morgan fingerprint density at radius 2 is 1.93 bits per heavy atom. The van der Waals surface area contributed by atoms with E-state index in [-0.39, 0.29) is 0 Å². The molecular weight excluding hydrogens is 242 g/mol. The van der Waals surface area contributed by atoms with E-state index < -0.39 is 5.72 Å². The monoisotopic (exact) mass is 257 g/mol. The number of nitrogens with zero attached hydrogens (tertiary/aromatic N) is 1. The van der Waals surface area contributed by atoms with Gasteiger partial charge in [-0.05, 0) is 45.1 Å². The molecule has 0 spiro atoms. The molecule has 0 aliphatic heterocycles. The van der Waals surface area contributed by atoms with Crippen LogP contribution in [0.2, 0.25) is 0 Å². The summed E-state index contributed by atoms with van der Waals surface area (Å²) in [6, 6.07) is 5.88.